The molecule has 0 amide bonds. The van der Waals surface area contributed by atoms with Crippen molar-refractivity contribution < 1.29 is 19.2 Å². The lowest BCUT2D eigenvalue weighted by Gasteiger charge is -2.29. The van der Waals surface area contributed by atoms with E-state index in [-0.39, 0.29) is 11.3 Å². The van der Waals surface area contributed by atoms with E-state index in [2.05, 4.69) is 11.8 Å². The molecule has 0 atom stereocenters. The maximum absolute atomic E-state index is 13.2. The summed E-state index contributed by atoms with van der Waals surface area (Å²) in [5.41, 5.74) is 2.82. The molecule has 4 rings (SSSR count). The van der Waals surface area contributed by atoms with Gasteiger partial charge in [0.2, 0.25) is 5.78 Å². The van der Waals surface area contributed by atoms with Crippen LogP contribution >= 0.6 is 0 Å². The highest BCUT2D eigenvalue weighted by atomic mass is 16.6. The Bertz CT molecular complexity index is 1210. The molecule has 8 nitrogen and oxygen atoms in total. The smallest absolute Gasteiger partial charge is 0.339 e. The zero-order chi connectivity index (χ0) is 22.7. The second kappa shape index (κ2) is 9.23. The summed E-state index contributed by atoms with van der Waals surface area (Å²) in [6.07, 6.45) is 1.75. The Morgan fingerprint density at radius 3 is 2.78 bits per heavy atom. The highest BCUT2D eigenvalue weighted by molar-refractivity contribution is 6.06. The summed E-state index contributed by atoms with van der Waals surface area (Å²) in [7, 11) is 0. The van der Waals surface area contributed by atoms with Gasteiger partial charge < -0.3 is 4.74 Å². The van der Waals surface area contributed by atoms with Crippen molar-refractivity contribution in [1.29, 1.82) is 0 Å². The average molecular weight is 433 g/mol. The third-order valence-electron chi connectivity index (χ3n) is 5.58. The van der Waals surface area contributed by atoms with Gasteiger partial charge in [0, 0.05) is 53.9 Å². The molecule has 0 spiro atoms. The number of ether oxygens (including phenoxy) is 1. The number of para-hydroxylation sites is 1. The molecule has 1 aromatic heterocycles. The molecule has 1 aliphatic heterocycles. The van der Waals surface area contributed by atoms with Gasteiger partial charge in [0.25, 0.3) is 5.69 Å². The van der Waals surface area contributed by atoms with E-state index >= 15 is 0 Å². The Balaban J connectivity index is 1.62. The van der Waals surface area contributed by atoms with Crippen LogP contribution in [0.25, 0.3) is 10.9 Å². The summed E-state index contributed by atoms with van der Waals surface area (Å²) < 4.78 is 5.41. The fourth-order valence-electron chi connectivity index (χ4n) is 4.07. The molecule has 0 saturated heterocycles. The van der Waals surface area contributed by atoms with E-state index in [0.29, 0.717) is 23.0 Å². The van der Waals surface area contributed by atoms with Crippen molar-refractivity contribution in [3.63, 3.8) is 0 Å². The minimum Gasteiger partial charge on any atom is -0.454 e. The zero-order valence-corrected chi connectivity index (χ0v) is 17.7. The van der Waals surface area contributed by atoms with E-state index in [0.717, 1.165) is 37.2 Å². The van der Waals surface area contributed by atoms with E-state index in [1.54, 1.807) is 0 Å². The van der Waals surface area contributed by atoms with Gasteiger partial charge in [-0.3, -0.25) is 24.8 Å². The SMILES string of the molecule is CCCN1CCc2nc3ccccc3c(C(=O)OCC(=O)c3cccc([N+](=O)[O-])c3)c2C1. The number of carbonyl (C=O) groups is 2. The molecule has 0 bridgehead atoms. The fraction of sp³-hybridized carbons (Fsp3) is 0.292. The molecule has 0 saturated carbocycles. The molecule has 3 aromatic rings. The lowest BCUT2D eigenvalue weighted by atomic mass is 9.95. The number of benzene rings is 2. The molecule has 0 N–H and O–H groups in total. The zero-order valence-electron chi connectivity index (χ0n) is 17.7. The number of nitro groups is 1. The van der Waals surface area contributed by atoms with Crippen LogP contribution in [0, 0.1) is 10.1 Å². The number of nitro benzene ring substituents is 1. The lowest BCUT2D eigenvalue weighted by Crippen LogP contribution is -2.33. The molecule has 0 aliphatic carbocycles. The second-order valence-electron chi connectivity index (χ2n) is 7.76. The van der Waals surface area contributed by atoms with Gasteiger partial charge in [-0.15, -0.1) is 0 Å². The fourth-order valence-corrected chi connectivity index (χ4v) is 4.07. The van der Waals surface area contributed by atoms with Crippen molar-refractivity contribution >= 4 is 28.3 Å². The van der Waals surface area contributed by atoms with E-state index in [9.17, 15) is 19.7 Å². The molecule has 2 heterocycles. The number of non-ortho nitro benzene ring substituents is 1. The standard InChI is InChI=1S/C24H23N3O5/c1-2-11-26-12-10-21-19(14-26)23(18-8-3-4-9-20(18)25-21)24(29)32-15-22(28)16-6-5-7-17(13-16)27(30)31/h3-9,13H,2,10-12,14-15H2,1H3. The molecule has 2 aromatic carbocycles. The van der Waals surface area contributed by atoms with Crippen LogP contribution in [-0.4, -0.2) is 46.3 Å². The summed E-state index contributed by atoms with van der Waals surface area (Å²) in [6.45, 7) is 4.02. The Hall–Kier alpha value is -3.65. The number of rotatable bonds is 7. The number of hydrogen-bond acceptors (Lipinski definition) is 7. The first-order valence-corrected chi connectivity index (χ1v) is 10.6. The summed E-state index contributed by atoms with van der Waals surface area (Å²) in [5.74, 6) is -1.08. The Labute approximate surface area is 185 Å². The topological polar surface area (TPSA) is 103 Å². The predicted molar refractivity (Wildman–Crippen MR) is 119 cm³/mol. The highest BCUT2D eigenvalue weighted by Crippen LogP contribution is 2.29. The van der Waals surface area contributed by atoms with Gasteiger partial charge in [-0.2, -0.15) is 0 Å². The third-order valence-corrected chi connectivity index (χ3v) is 5.58. The Morgan fingerprint density at radius 2 is 2.00 bits per heavy atom. The highest BCUT2D eigenvalue weighted by Gasteiger charge is 2.27. The third kappa shape index (κ3) is 4.36. The number of Topliss-reactive ketones (excluding diaryl/α,β-unsaturated/α-hetero) is 1. The quantitative estimate of drug-likeness (QED) is 0.241. The predicted octanol–water partition coefficient (Wildman–Crippen LogP) is 3.95. The van der Waals surface area contributed by atoms with Crippen LogP contribution in [0.4, 0.5) is 5.69 Å². The number of aromatic nitrogens is 1. The van der Waals surface area contributed by atoms with Crippen LogP contribution in [0.2, 0.25) is 0 Å². The van der Waals surface area contributed by atoms with Gasteiger partial charge in [0.15, 0.2) is 6.61 Å². The Kier molecular flexibility index (Phi) is 6.23. The second-order valence-corrected chi connectivity index (χ2v) is 7.76. The number of nitrogens with zero attached hydrogens (tertiary/aromatic N) is 3. The van der Waals surface area contributed by atoms with Gasteiger partial charge in [-0.05, 0) is 19.0 Å². The minimum absolute atomic E-state index is 0.128. The average Bonchev–Trinajstić information content (AvgIpc) is 2.81. The van der Waals surface area contributed by atoms with E-state index < -0.39 is 23.3 Å². The van der Waals surface area contributed by atoms with Crippen LogP contribution in [0.5, 0.6) is 0 Å². The van der Waals surface area contributed by atoms with Gasteiger partial charge >= 0.3 is 5.97 Å². The summed E-state index contributed by atoms with van der Waals surface area (Å²) in [6, 6.07) is 12.8. The Morgan fingerprint density at radius 1 is 1.19 bits per heavy atom. The normalized spacial score (nSPS) is 13.5. The van der Waals surface area contributed by atoms with Crippen LogP contribution in [0.3, 0.4) is 0 Å². The molecule has 1 aliphatic rings. The van der Waals surface area contributed by atoms with Crippen LogP contribution in [0.1, 0.15) is 45.3 Å². The first kappa shape index (κ1) is 21.6. The maximum Gasteiger partial charge on any atom is 0.339 e. The molecule has 8 heteroatoms. The van der Waals surface area contributed by atoms with Crippen molar-refractivity contribution in [2.75, 3.05) is 19.7 Å². The van der Waals surface area contributed by atoms with Crippen molar-refractivity contribution in [3.05, 3.63) is 81.0 Å². The molecular formula is C24H23N3O5. The van der Waals surface area contributed by atoms with Gasteiger partial charge in [-0.1, -0.05) is 37.3 Å². The molecule has 0 fully saturated rings. The van der Waals surface area contributed by atoms with Crippen molar-refractivity contribution in [2.24, 2.45) is 0 Å². The van der Waals surface area contributed by atoms with Crippen molar-refractivity contribution in [3.8, 4) is 0 Å². The van der Waals surface area contributed by atoms with Crippen LogP contribution < -0.4 is 0 Å². The first-order chi connectivity index (χ1) is 15.5. The van der Waals surface area contributed by atoms with Gasteiger partial charge in [0.1, 0.15) is 0 Å². The molecule has 164 valence electrons. The number of fused-ring (bicyclic) bond motifs is 2. The van der Waals surface area contributed by atoms with E-state index in [4.69, 9.17) is 9.72 Å². The molecular weight excluding hydrogens is 410 g/mol. The number of esters is 1. The number of pyridine rings is 1. The van der Waals surface area contributed by atoms with Crippen LogP contribution in [0.15, 0.2) is 48.5 Å². The number of carbonyl (C=O) groups excluding carboxylic acids is 2. The molecule has 32 heavy (non-hydrogen) atoms. The number of ketones is 1. The lowest BCUT2D eigenvalue weighted by molar-refractivity contribution is -0.384. The first-order valence-electron chi connectivity index (χ1n) is 10.6. The molecule has 0 radical (unpaired) electrons. The van der Waals surface area contributed by atoms with Crippen molar-refractivity contribution in [1.82, 2.24) is 9.88 Å². The van der Waals surface area contributed by atoms with Gasteiger partial charge in [0.05, 0.1) is 16.0 Å². The molecule has 0 unspecified atom stereocenters. The summed E-state index contributed by atoms with van der Waals surface area (Å²) in [5, 5.41) is 11.7. The largest absolute Gasteiger partial charge is 0.454 e. The summed E-state index contributed by atoms with van der Waals surface area (Å²) >= 11 is 0. The number of hydrogen-bond donors (Lipinski definition) is 0. The minimum atomic E-state index is -0.586. The summed E-state index contributed by atoms with van der Waals surface area (Å²) in [4.78, 5) is 43.1. The maximum atomic E-state index is 13.2. The van der Waals surface area contributed by atoms with Gasteiger partial charge in [-0.25, -0.2) is 4.79 Å². The van der Waals surface area contributed by atoms with E-state index in [1.807, 2.05) is 24.3 Å². The monoisotopic (exact) mass is 433 g/mol. The van der Waals surface area contributed by atoms with E-state index in [1.165, 1.54) is 24.3 Å². The van der Waals surface area contributed by atoms with Crippen molar-refractivity contribution in [2.45, 2.75) is 26.3 Å². The van der Waals surface area contributed by atoms with Crippen LogP contribution in [-0.2, 0) is 17.7 Å².